The number of carboxylic acids is 1. The van der Waals surface area contributed by atoms with Crippen molar-refractivity contribution in [2.75, 3.05) is 0 Å². The first kappa shape index (κ1) is 12.3. The summed E-state index contributed by atoms with van der Waals surface area (Å²) in [5.74, 6) is -0.968. The second-order valence-corrected chi connectivity index (χ2v) is 5.97. The summed E-state index contributed by atoms with van der Waals surface area (Å²) < 4.78 is 0.953. The quantitative estimate of drug-likeness (QED) is 0.914. The highest BCUT2D eigenvalue weighted by Crippen LogP contribution is 2.31. The fraction of sp³-hybridized carbons (Fsp3) is 0.0833. The van der Waals surface area contributed by atoms with Gasteiger partial charge in [-0.05, 0) is 45.8 Å². The zero-order chi connectivity index (χ0) is 12.4. The zero-order valence-corrected chi connectivity index (χ0v) is 11.0. The van der Waals surface area contributed by atoms with Crippen LogP contribution in [0.5, 0.6) is 0 Å². The first-order valence-corrected chi connectivity index (χ1v) is 6.45. The number of rotatable bonds is 3. The van der Waals surface area contributed by atoms with Crippen LogP contribution in [-0.2, 0) is 0 Å². The molecule has 17 heavy (non-hydrogen) atoms. The van der Waals surface area contributed by atoms with Crippen molar-refractivity contribution in [1.29, 1.82) is 0 Å². The van der Waals surface area contributed by atoms with Crippen LogP contribution in [0.2, 0.25) is 0 Å². The third-order valence-electron chi connectivity index (χ3n) is 2.34. The lowest BCUT2D eigenvalue weighted by Crippen LogP contribution is -2.00. The van der Waals surface area contributed by atoms with Crippen LogP contribution in [0.4, 0.5) is 0 Å². The lowest BCUT2D eigenvalue weighted by Gasteiger charge is -2.08. The van der Waals surface area contributed by atoms with Crippen LogP contribution >= 0.6 is 27.3 Å². The maximum Gasteiger partial charge on any atom is 0.335 e. The van der Waals surface area contributed by atoms with Gasteiger partial charge in [0.05, 0.1) is 9.35 Å². The Morgan fingerprint density at radius 2 is 1.82 bits per heavy atom. The summed E-state index contributed by atoms with van der Waals surface area (Å²) in [6.07, 6.45) is -0.714. The molecule has 0 radical (unpaired) electrons. The predicted molar refractivity (Wildman–Crippen MR) is 69.5 cm³/mol. The Labute approximate surface area is 110 Å². The van der Waals surface area contributed by atoms with E-state index in [9.17, 15) is 9.90 Å². The number of thiophene rings is 1. The van der Waals surface area contributed by atoms with E-state index in [1.54, 1.807) is 12.1 Å². The highest BCUT2D eigenvalue weighted by atomic mass is 79.9. The first-order chi connectivity index (χ1) is 8.08. The number of carboxylic acid groups (broad SMARTS) is 1. The van der Waals surface area contributed by atoms with Crippen LogP contribution in [0, 0.1) is 0 Å². The number of hydrogen-bond donors (Lipinski definition) is 2. The number of aromatic carboxylic acids is 1. The molecule has 0 bridgehead atoms. The molecular formula is C12H9BrO3S. The Morgan fingerprint density at radius 3 is 2.29 bits per heavy atom. The van der Waals surface area contributed by atoms with Gasteiger partial charge in [-0.3, -0.25) is 0 Å². The number of hydrogen-bond acceptors (Lipinski definition) is 3. The molecule has 2 rings (SSSR count). The first-order valence-electron chi connectivity index (χ1n) is 4.84. The summed E-state index contributed by atoms with van der Waals surface area (Å²) in [6, 6.07) is 9.94. The van der Waals surface area contributed by atoms with Gasteiger partial charge in [0, 0.05) is 4.88 Å². The summed E-state index contributed by atoms with van der Waals surface area (Å²) in [5.41, 5.74) is 0.901. The largest absolute Gasteiger partial charge is 0.478 e. The SMILES string of the molecule is O=C(O)c1ccc(C(O)c2ccc(Br)s2)cc1. The maximum absolute atomic E-state index is 10.7. The summed E-state index contributed by atoms with van der Waals surface area (Å²) in [6.45, 7) is 0. The molecule has 0 saturated carbocycles. The average Bonchev–Trinajstić information content (AvgIpc) is 2.75. The lowest BCUT2D eigenvalue weighted by atomic mass is 10.1. The second-order valence-electron chi connectivity index (χ2n) is 3.47. The van der Waals surface area contributed by atoms with E-state index in [0.29, 0.717) is 5.56 Å². The van der Waals surface area contributed by atoms with Crippen LogP contribution in [-0.4, -0.2) is 16.2 Å². The van der Waals surface area contributed by atoms with Gasteiger partial charge in [-0.25, -0.2) is 4.79 Å². The van der Waals surface area contributed by atoms with Crippen LogP contribution in [0.15, 0.2) is 40.2 Å². The minimum absolute atomic E-state index is 0.216. The maximum atomic E-state index is 10.7. The van der Waals surface area contributed by atoms with Gasteiger partial charge in [0.25, 0.3) is 0 Å². The molecule has 0 saturated heterocycles. The Morgan fingerprint density at radius 1 is 1.18 bits per heavy atom. The highest BCUT2D eigenvalue weighted by molar-refractivity contribution is 9.11. The number of carbonyl (C=O) groups is 1. The highest BCUT2D eigenvalue weighted by Gasteiger charge is 2.13. The van der Waals surface area contributed by atoms with Gasteiger partial charge in [-0.15, -0.1) is 11.3 Å². The van der Waals surface area contributed by atoms with E-state index in [1.165, 1.54) is 23.5 Å². The summed E-state index contributed by atoms with van der Waals surface area (Å²) in [5, 5.41) is 18.8. The normalized spacial score (nSPS) is 12.4. The van der Waals surface area contributed by atoms with Crippen LogP contribution < -0.4 is 0 Å². The molecule has 0 spiro atoms. The predicted octanol–water partition coefficient (Wildman–Crippen LogP) is 3.29. The third kappa shape index (κ3) is 2.74. The standard InChI is InChI=1S/C12H9BrO3S/c13-10-6-5-9(17-10)11(14)7-1-3-8(4-2-7)12(15)16/h1-6,11,14H,(H,15,16). The Hall–Kier alpha value is -1.17. The van der Waals surface area contributed by atoms with Gasteiger partial charge in [0.15, 0.2) is 0 Å². The molecule has 0 aliphatic heterocycles. The smallest absolute Gasteiger partial charge is 0.335 e. The van der Waals surface area contributed by atoms with E-state index >= 15 is 0 Å². The van der Waals surface area contributed by atoms with E-state index in [2.05, 4.69) is 15.9 Å². The van der Waals surface area contributed by atoms with Gasteiger partial charge < -0.3 is 10.2 Å². The molecule has 1 aromatic heterocycles. The molecule has 1 unspecified atom stereocenters. The number of aliphatic hydroxyl groups is 1. The van der Waals surface area contributed by atoms with Crippen molar-refractivity contribution in [2.45, 2.75) is 6.10 Å². The number of aliphatic hydroxyl groups excluding tert-OH is 1. The van der Waals surface area contributed by atoms with Crippen LogP contribution in [0.3, 0.4) is 0 Å². The average molecular weight is 313 g/mol. The fourth-order valence-corrected chi connectivity index (χ4v) is 2.89. The van der Waals surface area contributed by atoms with Crippen molar-refractivity contribution in [3.05, 3.63) is 56.2 Å². The van der Waals surface area contributed by atoms with E-state index < -0.39 is 12.1 Å². The second kappa shape index (κ2) is 5.00. The van der Waals surface area contributed by atoms with Crippen LogP contribution in [0.25, 0.3) is 0 Å². The van der Waals surface area contributed by atoms with E-state index in [4.69, 9.17) is 5.11 Å². The van der Waals surface area contributed by atoms with E-state index in [-0.39, 0.29) is 5.56 Å². The molecule has 0 amide bonds. The van der Waals surface area contributed by atoms with Gasteiger partial charge in [0.1, 0.15) is 6.10 Å². The monoisotopic (exact) mass is 312 g/mol. The zero-order valence-electron chi connectivity index (χ0n) is 8.63. The summed E-state index contributed by atoms with van der Waals surface area (Å²) >= 11 is 4.78. The molecule has 2 aromatic rings. The third-order valence-corrected chi connectivity index (χ3v) is 4.01. The van der Waals surface area contributed by atoms with Crippen molar-refractivity contribution in [2.24, 2.45) is 0 Å². The molecule has 5 heteroatoms. The molecule has 0 aliphatic rings. The molecule has 3 nitrogen and oxygen atoms in total. The van der Waals surface area contributed by atoms with Gasteiger partial charge >= 0.3 is 5.97 Å². The molecule has 0 fully saturated rings. The molecule has 2 N–H and O–H groups in total. The number of benzene rings is 1. The van der Waals surface area contributed by atoms with Crippen molar-refractivity contribution < 1.29 is 15.0 Å². The minimum Gasteiger partial charge on any atom is -0.478 e. The van der Waals surface area contributed by atoms with Crippen molar-refractivity contribution in [3.8, 4) is 0 Å². The van der Waals surface area contributed by atoms with Crippen molar-refractivity contribution in [3.63, 3.8) is 0 Å². The fourth-order valence-electron chi connectivity index (χ4n) is 1.45. The van der Waals surface area contributed by atoms with Crippen LogP contribution in [0.1, 0.15) is 26.9 Å². The topological polar surface area (TPSA) is 57.5 Å². The Bertz CT molecular complexity index is 533. The van der Waals surface area contributed by atoms with E-state index in [0.717, 1.165) is 8.66 Å². The molecule has 88 valence electrons. The number of halogens is 1. The Kier molecular flexibility index (Phi) is 3.61. The summed E-state index contributed by atoms with van der Waals surface area (Å²) in [7, 11) is 0. The molecule has 1 aromatic carbocycles. The van der Waals surface area contributed by atoms with Crippen molar-refractivity contribution in [1.82, 2.24) is 0 Å². The molecule has 1 atom stereocenters. The van der Waals surface area contributed by atoms with Gasteiger partial charge in [-0.1, -0.05) is 12.1 Å². The van der Waals surface area contributed by atoms with Gasteiger partial charge in [-0.2, -0.15) is 0 Å². The molecule has 1 heterocycles. The molecular weight excluding hydrogens is 304 g/mol. The minimum atomic E-state index is -0.968. The van der Waals surface area contributed by atoms with Crippen molar-refractivity contribution >= 4 is 33.2 Å². The van der Waals surface area contributed by atoms with Gasteiger partial charge in [0.2, 0.25) is 0 Å². The summed E-state index contributed by atoms with van der Waals surface area (Å²) in [4.78, 5) is 11.5. The lowest BCUT2D eigenvalue weighted by molar-refractivity contribution is 0.0696. The Balaban J connectivity index is 2.25. The molecule has 0 aliphatic carbocycles. The van der Waals surface area contributed by atoms with E-state index in [1.807, 2.05) is 12.1 Å².